The fourth-order valence-electron chi connectivity index (χ4n) is 1.90. The normalized spacial score (nSPS) is 11.8. The molecule has 0 spiro atoms. The van der Waals surface area contributed by atoms with Gasteiger partial charge in [0.05, 0.1) is 0 Å². The molecule has 0 aromatic heterocycles. The van der Waals surface area contributed by atoms with E-state index >= 15 is 0 Å². The molecular weight excluding hydrogens is 379 g/mol. The predicted molar refractivity (Wildman–Crippen MR) is 99.6 cm³/mol. The zero-order chi connectivity index (χ0) is 18.8. The Morgan fingerprint density at radius 3 is 1.35 bits per heavy atom. The third-order valence-corrected chi connectivity index (χ3v) is 3.45. The van der Waals surface area contributed by atoms with E-state index in [0.717, 1.165) is 0 Å². The molecule has 134 valence electrons. The fourth-order valence-corrected chi connectivity index (χ4v) is 2.00. The summed E-state index contributed by atoms with van der Waals surface area (Å²) in [6.45, 7) is 0. The van der Waals surface area contributed by atoms with E-state index < -0.39 is 11.9 Å². The zero-order valence-corrected chi connectivity index (χ0v) is 15.0. The summed E-state index contributed by atoms with van der Waals surface area (Å²) < 4.78 is 0. The number of benzene rings is 2. The largest absolute Gasteiger partial charge is 0.349 e. The van der Waals surface area contributed by atoms with E-state index in [-0.39, 0.29) is 23.2 Å². The van der Waals surface area contributed by atoms with Crippen LogP contribution in [0.1, 0.15) is 11.1 Å². The van der Waals surface area contributed by atoms with Crippen LogP contribution in [0, 0.1) is 0 Å². The number of halogens is 2. The van der Waals surface area contributed by atoms with Crippen LogP contribution in [0.15, 0.2) is 71.0 Å². The minimum absolute atomic E-state index is 0.192. The average molecular weight is 393 g/mol. The van der Waals surface area contributed by atoms with E-state index in [0.29, 0.717) is 11.1 Å². The first kappa shape index (κ1) is 19.6. The summed E-state index contributed by atoms with van der Waals surface area (Å²) in [6.07, 6.45) is 0. The van der Waals surface area contributed by atoms with Crippen molar-refractivity contribution >= 4 is 46.6 Å². The highest BCUT2D eigenvalue weighted by Crippen LogP contribution is 2.12. The molecule has 0 amide bonds. The molecule has 0 unspecified atom stereocenters. The second-order valence-corrected chi connectivity index (χ2v) is 5.34. The molecule has 0 saturated heterocycles. The molecule has 8 heteroatoms. The van der Waals surface area contributed by atoms with E-state index in [1.165, 1.54) is 0 Å². The topological polar surface area (TPSA) is 77.3 Å². The van der Waals surface area contributed by atoms with E-state index in [1.807, 2.05) is 12.1 Å². The van der Waals surface area contributed by atoms with Gasteiger partial charge >= 0.3 is 11.9 Å². The van der Waals surface area contributed by atoms with Crippen LogP contribution in [0.3, 0.4) is 0 Å². The summed E-state index contributed by atoms with van der Waals surface area (Å²) in [5, 5.41) is 7.75. The monoisotopic (exact) mass is 392 g/mol. The minimum atomic E-state index is -0.731. The molecule has 0 N–H and O–H groups in total. The van der Waals surface area contributed by atoms with Gasteiger partial charge in [0.25, 0.3) is 0 Å². The first-order chi connectivity index (χ1) is 12.7. The molecule has 0 bridgehead atoms. The molecule has 0 radical (unpaired) electrons. The van der Waals surface area contributed by atoms with Crippen LogP contribution < -0.4 is 0 Å². The molecule has 0 aliphatic carbocycles. The molecule has 0 heterocycles. The molecule has 0 aliphatic rings. The first-order valence-electron chi connectivity index (χ1n) is 7.44. The van der Waals surface area contributed by atoms with Crippen molar-refractivity contribution in [1.29, 1.82) is 0 Å². The molecule has 6 nitrogen and oxygen atoms in total. The number of oxime groups is 2. The van der Waals surface area contributed by atoms with Crippen LogP contribution in [-0.2, 0) is 19.3 Å². The molecule has 0 aliphatic heterocycles. The highest BCUT2D eigenvalue weighted by atomic mass is 35.5. The van der Waals surface area contributed by atoms with Gasteiger partial charge in [0.15, 0.2) is 0 Å². The van der Waals surface area contributed by atoms with Crippen molar-refractivity contribution in [3.05, 3.63) is 71.8 Å². The summed E-state index contributed by atoms with van der Waals surface area (Å²) in [4.78, 5) is 32.5. The number of rotatable bonds is 7. The molecule has 2 aromatic rings. The maximum atomic E-state index is 11.4. The van der Waals surface area contributed by atoms with E-state index in [4.69, 9.17) is 32.9 Å². The van der Waals surface area contributed by atoms with Crippen molar-refractivity contribution in [2.24, 2.45) is 10.3 Å². The van der Waals surface area contributed by atoms with Crippen LogP contribution in [0.4, 0.5) is 0 Å². The fraction of sp³-hybridized carbons (Fsp3) is 0.111. The summed E-state index contributed by atoms with van der Waals surface area (Å²) in [5.74, 6) is -2.18. The minimum Gasteiger partial charge on any atom is -0.316 e. The Morgan fingerprint density at radius 2 is 1.04 bits per heavy atom. The second kappa shape index (κ2) is 10.3. The maximum Gasteiger partial charge on any atom is 0.349 e. The van der Waals surface area contributed by atoms with Crippen LogP contribution in [0.5, 0.6) is 0 Å². The van der Waals surface area contributed by atoms with Crippen LogP contribution in [0.25, 0.3) is 0 Å². The van der Waals surface area contributed by atoms with Gasteiger partial charge < -0.3 is 9.68 Å². The first-order valence-corrected chi connectivity index (χ1v) is 8.51. The molecule has 2 rings (SSSR count). The van der Waals surface area contributed by atoms with Crippen LogP contribution in [-0.4, -0.2) is 35.1 Å². The lowest BCUT2D eigenvalue weighted by molar-refractivity contribution is -0.141. The summed E-state index contributed by atoms with van der Waals surface area (Å²) in [6, 6.07) is 17.7. The van der Waals surface area contributed by atoms with Gasteiger partial charge in [0.1, 0.15) is 23.2 Å². The Labute approximate surface area is 160 Å². The maximum absolute atomic E-state index is 11.4. The van der Waals surface area contributed by atoms with E-state index in [2.05, 4.69) is 10.3 Å². The van der Waals surface area contributed by atoms with Crippen molar-refractivity contribution in [1.82, 2.24) is 0 Å². The van der Waals surface area contributed by atoms with Crippen LogP contribution >= 0.6 is 23.2 Å². The van der Waals surface area contributed by atoms with Crippen molar-refractivity contribution in [3.8, 4) is 0 Å². The molecule has 26 heavy (non-hydrogen) atoms. The molecule has 0 saturated carbocycles. The van der Waals surface area contributed by atoms with Gasteiger partial charge in [-0.25, -0.2) is 9.59 Å². The average Bonchev–Trinajstić information content (AvgIpc) is 2.71. The van der Waals surface area contributed by atoms with Gasteiger partial charge in [-0.3, -0.25) is 0 Å². The Balaban J connectivity index is 2.53. The summed E-state index contributed by atoms with van der Waals surface area (Å²) in [5.41, 5.74) is 1.58. The van der Waals surface area contributed by atoms with Crippen molar-refractivity contribution in [3.63, 3.8) is 0 Å². The highest BCUT2D eigenvalue weighted by Gasteiger charge is 2.18. The highest BCUT2D eigenvalue weighted by molar-refractivity contribution is 6.53. The lowest BCUT2D eigenvalue weighted by Crippen LogP contribution is -2.20. The standard InChI is InChI=1S/C18H14Cl2N2O4/c19-11-15(23)25-21-17(13-7-3-1-4-8-13)18(22-26-16(24)12-20)14-9-5-2-6-10-14/h1-10H,11-12H2/b21-17-,22-18-. The molecular formula is C18H14Cl2N2O4. The number of hydrogen-bond acceptors (Lipinski definition) is 6. The number of alkyl halides is 2. The lowest BCUT2D eigenvalue weighted by atomic mass is 10.00. The van der Waals surface area contributed by atoms with Gasteiger partial charge in [0, 0.05) is 11.1 Å². The van der Waals surface area contributed by atoms with Gasteiger partial charge in [-0.2, -0.15) is 0 Å². The Hall–Kier alpha value is -2.70. The van der Waals surface area contributed by atoms with Gasteiger partial charge in [0.2, 0.25) is 0 Å². The number of nitrogens with zero attached hydrogens (tertiary/aromatic N) is 2. The van der Waals surface area contributed by atoms with Crippen LogP contribution in [0.2, 0.25) is 0 Å². The van der Waals surface area contributed by atoms with Crippen molar-refractivity contribution < 1.29 is 19.3 Å². The summed E-state index contributed by atoms with van der Waals surface area (Å²) in [7, 11) is 0. The summed E-state index contributed by atoms with van der Waals surface area (Å²) >= 11 is 10.9. The van der Waals surface area contributed by atoms with Gasteiger partial charge in [-0.1, -0.05) is 71.0 Å². The molecule has 0 atom stereocenters. The predicted octanol–water partition coefficient (Wildman–Crippen LogP) is 3.36. The Bertz CT molecular complexity index is 739. The van der Waals surface area contributed by atoms with E-state index in [9.17, 15) is 9.59 Å². The number of carbonyl (C=O) groups is 2. The molecule has 2 aromatic carbocycles. The third kappa shape index (κ3) is 5.68. The zero-order valence-electron chi connectivity index (χ0n) is 13.5. The molecule has 0 fully saturated rings. The number of carbonyl (C=O) groups excluding carboxylic acids is 2. The SMILES string of the molecule is O=C(CCl)O/N=C(\C(=N/OC(=O)CCl)c1ccccc1)c1ccccc1. The van der Waals surface area contributed by atoms with Gasteiger partial charge in [-0.05, 0) is 0 Å². The van der Waals surface area contributed by atoms with E-state index in [1.54, 1.807) is 48.5 Å². The number of hydrogen-bond donors (Lipinski definition) is 0. The quantitative estimate of drug-likeness (QED) is 0.313. The lowest BCUT2D eigenvalue weighted by Gasteiger charge is -2.09. The Morgan fingerprint density at radius 1 is 0.692 bits per heavy atom. The van der Waals surface area contributed by atoms with Crippen molar-refractivity contribution in [2.45, 2.75) is 0 Å². The third-order valence-electron chi connectivity index (χ3n) is 3.01. The van der Waals surface area contributed by atoms with Crippen molar-refractivity contribution in [2.75, 3.05) is 11.8 Å². The smallest absolute Gasteiger partial charge is 0.316 e. The Kier molecular flexibility index (Phi) is 7.79. The van der Waals surface area contributed by atoms with Gasteiger partial charge in [-0.15, -0.1) is 23.2 Å². The second-order valence-electron chi connectivity index (χ2n) is 4.81.